The van der Waals surface area contributed by atoms with E-state index in [1.54, 1.807) is 63.0 Å². The fourth-order valence-electron chi connectivity index (χ4n) is 4.36. The molecule has 10 heteroatoms. The standard InChI is InChI=1S/C26H32BrClN2O5S/c1-15(2)22(24(32)33)30(25(34)35-26(3,4)5)18-8-10-29(11-9-18)23(31)16-6-7-19(20(28)12-16)21-13-17(27)14-36-21/h6-7,12-15,18,22H,8-11H2,1-5H3,(H,32,33)/t22-/m0/s1. The summed E-state index contributed by atoms with van der Waals surface area (Å²) in [6.45, 7) is 9.60. The van der Waals surface area contributed by atoms with Crippen LogP contribution in [0.3, 0.4) is 0 Å². The van der Waals surface area contributed by atoms with E-state index in [1.807, 2.05) is 17.5 Å². The molecule has 1 N–H and O–H groups in total. The number of hydrogen-bond acceptors (Lipinski definition) is 5. The molecule has 1 atom stereocenters. The number of piperidine rings is 1. The van der Waals surface area contributed by atoms with Gasteiger partial charge in [-0.05, 0) is 73.7 Å². The van der Waals surface area contributed by atoms with Crippen LogP contribution in [-0.2, 0) is 9.53 Å². The molecule has 3 rings (SSSR count). The van der Waals surface area contributed by atoms with Crippen molar-refractivity contribution in [1.29, 1.82) is 0 Å². The third kappa shape index (κ3) is 6.81. The summed E-state index contributed by atoms with van der Waals surface area (Å²) in [4.78, 5) is 42.5. The molecule has 1 aromatic carbocycles. The lowest BCUT2D eigenvalue weighted by Crippen LogP contribution is -2.57. The highest BCUT2D eigenvalue weighted by molar-refractivity contribution is 9.10. The first-order valence-corrected chi connectivity index (χ1v) is 13.9. The maximum atomic E-state index is 13.2. The molecule has 0 unspecified atom stereocenters. The predicted molar refractivity (Wildman–Crippen MR) is 146 cm³/mol. The Morgan fingerprint density at radius 3 is 2.31 bits per heavy atom. The van der Waals surface area contributed by atoms with Gasteiger partial charge in [0.15, 0.2) is 0 Å². The van der Waals surface area contributed by atoms with E-state index in [0.29, 0.717) is 36.5 Å². The van der Waals surface area contributed by atoms with Crippen molar-refractivity contribution in [3.8, 4) is 10.4 Å². The Kier molecular flexibility index (Phi) is 9.11. The highest BCUT2D eigenvalue weighted by Gasteiger charge is 2.41. The summed E-state index contributed by atoms with van der Waals surface area (Å²) in [6, 6.07) is 5.92. The van der Waals surface area contributed by atoms with Crippen LogP contribution in [0.25, 0.3) is 10.4 Å². The smallest absolute Gasteiger partial charge is 0.411 e. The molecular weight excluding hydrogens is 568 g/mol. The molecule has 2 heterocycles. The Labute approximate surface area is 229 Å². The van der Waals surface area contributed by atoms with E-state index in [9.17, 15) is 19.5 Å². The molecule has 196 valence electrons. The molecule has 0 saturated carbocycles. The van der Waals surface area contributed by atoms with Crippen LogP contribution >= 0.6 is 38.9 Å². The van der Waals surface area contributed by atoms with Gasteiger partial charge in [-0.2, -0.15) is 0 Å². The fraction of sp³-hybridized carbons (Fsp3) is 0.500. The minimum Gasteiger partial charge on any atom is -0.480 e. The van der Waals surface area contributed by atoms with Crippen LogP contribution in [0.5, 0.6) is 0 Å². The Balaban J connectivity index is 1.74. The largest absolute Gasteiger partial charge is 0.480 e. The number of carboxylic acid groups (broad SMARTS) is 1. The van der Waals surface area contributed by atoms with Crippen molar-refractivity contribution in [3.63, 3.8) is 0 Å². The zero-order chi connectivity index (χ0) is 26.8. The molecule has 2 aromatic rings. The van der Waals surface area contributed by atoms with Crippen LogP contribution in [0.4, 0.5) is 4.79 Å². The summed E-state index contributed by atoms with van der Waals surface area (Å²) in [5.41, 5.74) is 0.604. The number of nitrogens with zero attached hydrogens (tertiary/aromatic N) is 2. The number of amides is 2. The van der Waals surface area contributed by atoms with E-state index in [-0.39, 0.29) is 17.9 Å². The van der Waals surface area contributed by atoms with Crippen molar-refractivity contribution in [2.75, 3.05) is 13.1 Å². The van der Waals surface area contributed by atoms with Gasteiger partial charge in [0.1, 0.15) is 11.6 Å². The van der Waals surface area contributed by atoms with Crippen LogP contribution in [0, 0.1) is 5.92 Å². The number of carboxylic acids is 1. The monoisotopic (exact) mass is 598 g/mol. The molecule has 7 nitrogen and oxygen atoms in total. The molecule has 1 fully saturated rings. The average molecular weight is 600 g/mol. The topological polar surface area (TPSA) is 87.2 Å². The van der Waals surface area contributed by atoms with E-state index in [2.05, 4.69) is 15.9 Å². The minimum atomic E-state index is -1.07. The summed E-state index contributed by atoms with van der Waals surface area (Å²) in [5.74, 6) is -1.52. The summed E-state index contributed by atoms with van der Waals surface area (Å²) in [7, 11) is 0. The first-order chi connectivity index (χ1) is 16.8. The van der Waals surface area contributed by atoms with Crippen molar-refractivity contribution in [2.24, 2.45) is 5.92 Å². The number of likely N-dealkylation sites (tertiary alicyclic amines) is 1. The number of carbonyl (C=O) groups is 3. The number of hydrogen-bond donors (Lipinski definition) is 1. The van der Waals surface area contributed by atoms with Crippen molar-refractivity contribution < 1.29 is 24.2 Å². The minimum absolute atomic E-state index is 0.142. The number of aliphatic carboxylic acids is 1. The van der Waals surface area contributed by atoms with Crippen LogP contribution in [0.15, 0.2) is 34.1 Å². The summed E-state index contributed by atoms with van der Waals surface area (Å²) in [5, 5.41) is 12.4. The van der Waals surface area contributed by atoms with E-state index >= 15 is 0 Å². The maximum absolute atomic E-state index is 13.2. The average Bonchev–Trinajstić information content (AvgIpc) is 3.21. The number of ether oxygens (including phenoxy) is 1. The molecule has 0 radical (unpaired) electrons. The normalized spacial score (nSPS) is 15.6. The fourth-order valence-corrected chi connectivity index (χ4v) is 6.17. The number of thiophene rings is 1. The van der Waals surface area contributed by atoms with E-state index < -0.39 is 23.7 Å². The van der Waals surface area contributed by atoms with E-state index in [4.69, 9.17) is 16.3 Å². The first-order valence-electron chi connectivity index (χ1n) is 11.9. The van der Waals surface area contributed by atoms with Crippen molar-refractivity contribution in [1.82, 2.24) is 9.80 Å². The number of rotatable bonds is 6. The molecule has 2 amide bonds. The Morgan fingerprint density at radius 2 is 1.83 bits per heavy atom. The molecule has 0 bridgehead atoms. The zero-order valence-electron chi connectivity index (χ0n) is 21.1. The number of carbonyl (C=O) groups excluding carboxylic acids is 2. The number of benzene rings is 1. The second kappa shape index (κ2) is 11.5. The summed E-state index contributed by atoms with van der Waals surface area (Å²) in [6.07, 6.45) is 0.267. The molecule has 0 aliphatic carbocycles. The van der Waals surface area contributed by atoms with Gasteiger partial charge in [0.05, 0.1) is 5.02 Å². The highest BCUT2D eigenvalue weighted by Crippen LogP contribution is 2.35. The lowest BCUT2D eigenvalue weighted by Gasteiger charge is -2.42. The van der Waals surface area contributed by atoms with Crippen molar-refractivity contribution >= 4 is 56.8 Å². The Morgan fingerprint density at radius 1 is 1.19 bits per heavy atom. The molecule has 36 heavy (non-hydrogen) atoms. The van der Waals surface area contributed by atoms with Crippen molar-refractivity contribution in [2.45, 2.75) is 65.1 Å². The SMILES string of the molecule is CC(C)[C@@H](C(=O)O)N(C(=O)OC(C)(C)C)C1CCN(C(=O)c2ccc(-c3cc(Br)cs3)c(Cl)c2)CC1. The van der Waals surface area contributed by atoms with Crippen LogP contribution in [-0.4, -0.2) is 63.7 Å². The maximum Gasteiger partial charge on any atom is 0.411 e. The Bertz CT molecular complexity index is 1120. The van der Waals surface area contributed by atoms with E-state index in [1.165, 1.54) is 4.90 Å². The second-order valence-corrected chi connectivity index (χ2v) is 12.5. The van der Waals surface area contributed by atoms with Crippen LogP contribution < -0.4 is 0 Å². The lowest BCUT2D eigenvalue weighted by molar-refractivity contribution is -0.146. The van der Waals surface area contributed by atoms with E-state index in [0.717, 1.165) is 14.9 Å². The second-order valence-electron chi connectivity index (χ2n) is 10.3. The lowest BCUT2D eigenvalue weighted by atomic mass is 9.96. The molecule has 1 aliphatic heterocycles. The van der Waals surface area contributed by atoms with Gasteiger partial charge in [-0.15, -0.1) is 11.3 Å². The van der Waals surface area contributed by atoms with Gasteiger partial charge in [0.2, 0.25) is 0 Å². The third-order valence-corrected chi connectivity index (χ3v) is 8.02. The molecule has 1 aromatic heterocycles. The quantitative estimate of drug-likeness (QED) is 0.395. The molecule has 1 saturated heterocycles. The van der Waals surface area contributed by atoms with Crippen LogP contribution in [0.1, 0.15) is 57.8 Å². The van der Waals surface area contributed by atoms with Gasteiger partial charge in [-0.1, -0.05) is 31.5 Å². The third-order valence-electron chi connectivity index (χ3n) is 5.98. The predicted octanol–water partition coefficient (Wildman–Crippen LogP) is 6.78. The van der Waals surface area contributed by atoms with Gasteiger partial charge in [0.25, 0.3) is 5.91 Å². The summed E-state index contributed by atoms with van der Waals surface area (Å²) < 4.78 is 6.54. The molecule has 1 aliphatic rings. The highest BCUT2D eigenvalue weighted by atomic mass is 79.9. The van der Waals surface area contributed by atoms with Gasteiger partial charge < -0.3 is 14.7 Å². The number of halogens is 2. The van der Waals surface area contributed by atoms with Crippen LogP contribution in [0.2, 0.25) is 5.02 Å². The van der Waals surface area contributed by atoms with Crippen molar-refractivity contribution in [3.05, 3.63) is 44.7 Å². The Hall–Kier alpha value is -2.10. The van der Waals surface area contributed by atoms with Gasteiger partial charge in [0, 0.05) is 45.0 Å². The zero-order valence-corrected chi connectivity index (χ0v) is 24.2. The summed E-state index contributed by atoms with van der Waals surface area (Å²) >= 11 is 11.5. The van der Waals surface area contributed by atoms with Gasteiger partial charge in [-0.3, -0.25) is 9.69 Å². The molecule has 0 spiro atoms. The van der Waals surface area contributed by atoms with Gasteiger partial charge >= 0.3 is 12.1 Å². The van der Waals surface area contributed by atoms with Gasteiger partial charge in [-0.25, -0.2) is 9.59 Å². The first kappa shape index (κ1) is 28.5. The molecular formula is C26H32BrClN2O5S.